The highest BCUT2D eigenvalue weighted by atomic mass is 79.9. The van der Waals surface area contributed by atoms with E-state index in [0.29, 0.717) is 18.8 Å². The molecule has 0 aliphatic heterocycles. The van der Waals surface area contributed by atoms with Gasteiger partial charge in [0, 0.05) is 17.2 Å². The van der Waals surface area contributed by atoms with E-state index >= 15 is 0 Å². The number of nitrogens with one attached hydrogen (secondary N) is 1. The summed E-state index contributed by atoms with van der Waals surface area (Å²) in [6.45, 7) is 7.12. The topological polar surface area (TPSA) is 64.7 Å². The molecule has 1 N–H and O–H groups in total. The third kappa shape index (κ3) is 3.66. The highest BCUT2D eigenvalue weighted by Gasteiger charge is 2.17. The number of aromatic nitrogens is 4. The van der Waals surface area contributed by atoms with Crippen molar-refractivity contribution in [2.75, 3.05) is 5.32 Å². The van der Waals surface area contributed by atoms with E-state index in [4.69, 9.17) is 0 Å². The van der Waals surface area contributed by atoms with E-state index in [9.17, 15) is 4.79 Å². The summed E-state index contributed by atoms with van der Waals surface area (Å²) in [5.41, 5.74) is 4.17. The van der Waals surface area contributed by atoms with Gasteiger partial charge in [0.15, 0.2) is 0 Å². The molecular weight excluding hydrogens is 382 g/mol. The number of halogens is 1. The molecule has 2 aromatic heterocycles. The monoisotopic (exact) mass is 401 g/mol. The van der Waals surface area contributed by atoms with Gasteiger partial charge in [-0.25, -0.2) is 0 Å². The minimum Gasteiger partial charge on any atom is -0.317 e. The zero-order valence-electron chi connectivity index (χ0n) is 14.5. The fourth-order valence-corrected chi connectivity index (χ4v) is 3.01. The number of anilines is 1. The van der Waals surface area contributed by atoms with E-state index in [1.807, 2.05) is 37.6 Å². The Balaban J connectivity index is 1.82. The van der Waals surface area contributed by atoms with Crippen molar-refractivity contribution in [3.05, 3.63) is 63.6 Å². The van der Waals surface area contributed by atoms with E-state index in [0.717, 1.165) is 27.1 Å². The van der Waals surface area contributed by atoms with Gasteiger partial charge in [0.2, 0.25) is 0 Å². The van der Waals surface area contributed by atoms with E-state index in [1.165, 1.54) is 0 Å². The number of rotatable bonds is 5. The maximum atomic E-state index is 12.6. The molecule has 2 heterocycles. The first kappa shape index (κ1) is 17.4. The Morgan fingerprint density at radius 1 is 1.16 bits per heavy atom. The highest BCUT2D eigenvalue weighted by Crippen LogP contribution is 2.22. The van der Waals surface area contributed by atoms with Crippen LogP contribution < -0.4 is 5.32 Å². The summed E-state index contributed by atoms with van der Waals surface area (Å²) in [5.74, 6) is -0.172. The Kier molecular flexibility index (Phi) is 5.03. The predicted molar refractivity (Wildman–Crippen MR) is 101 cm³/mol. The molecule has 1 aromatic carbocycles. The lowest BCUT2D eigenvalue weighted by Gasteiger charge is -2.08. The third-order valence-corrected chi connectivity index (χ3v) is 4.64. The molecule has 0 unspecified atom stereocenters. The van der Waals surface area contributed by atoms with Gasteiger partial charge in [-0.05, 0) is 44.5 Å². The minimum absolute atomic E-state index is 0.172. The number of hydrogen-bond donors (Lipinski definition) is 1. The van der Waals surface area contributed by atoms with Gasteiger partial charge in [0.1, 0.15) is 5.69 Å². The first-order valence-corrected chi connectivity index (χ1v) is 8.90. The van der Waals surface area contributed by atoms with Gasteiger partial charge in [-0.2, -0.15) is 10.2 Å². The van der Waals surface area contributed by atoms with E-state index in [2.05, 4.69) is 43.6 Å². The van der Waals surface area contributed by atoms with Gasteiger partial charge in [0.25, 0.3) is 5.91 Å². The maximum absolute atomic E-state index is 12.6. The van der Waals surface area contributed by atoms with Crippen LogP contribution in [0.4, 0.5) is 5.69 Å². The molecule has 0 fully saturated rings. The largest absolute Gasteiger partial charge is 0.317 e. The van der Waals surface area contributed by atoms with Gasteiger partial charge < -0.3 is 5.32 Å². The van der Waals surface area contributed by atoms with Crippen molar-refractivity contribution in [1.29, 1.82) is 0 Å². The maximum Gasteiger partial charge on any atom is 0.274 e. The smallest absolute Gasteiger partial charge is 0.274 e. The van der Waals surface area contributed by atoms with Crippen LogP contribution >= 0.6 is 15.9 Å². The zero-order chi connectivity index (χ0) is 18.0. The second-order valence-electron chi connectivity index (χ2n) is 5.82. The van der Waals surface area contributed by atoms with Crippen LogP contribution in [-0.2, 0) is 13.1 Å². The Hall–Kier alpha value is -2.41. The third-order valence-electron chi connectivity index (χ3n) is 4.11. The summed E-state index contributed by atoms with van der Waals surface area (Å²) in [6.07, 6.45) is 1.63. The number of amides is 1. The summed E-state index contributed by atoms with van der Waals surface area (Å²) in [6, 6.07) is 9.85. The lowest BCUT2D eigenvalue weighted by molar-refractivity contribution is 0.101. The van der Waals surface area contributed by atoms with Crippen LogP contribution in [0.25, 0.3) is 0 Å². The average molecular weight is 402 g/mol. The summed E-state index contributed by atoms with van der Waals surface area (Å²) in [5, 5.41) is 11.7. The van der Waals surface area contributed by atoms with Crippen molar-refractivity contribution in [3.8, 4) is 0 Å². The van der Waals surface area contributed by atoms with Crippen molar-refractivity contribution < 1.29 is 4.79 Å². The molecule has 7 heteroatoms. The molecule has 0 saturated carbocycles. The summed E-state index contributed by atoms with van der Waals surface area (Å²) >= 11 is 3.44. The Labute approximate surface area is 155 Å². The first-order valence-electron chi connectivity index (χ1n) is 8.11. The molecule has 0 atom stereocenters. The lowest BCUT2D eigenvalue weighted by atomic mass is 10.2. The molecule has 1 amide bonds. The van der Waals surface area contributed by atoms with Gasteiger partial charge in [-0.3, -0.25) is 14.2 Å². The van der Waals surface area contributed by atoms with Gasteiger partial charge in [-0.15, -0.1) is 0 Å². The van der Waals surface area contributed by atoms with Crippen molar-refractivity contribution in [2.24, 2.45) is 0 Å². The van der Waals surface area contributed by atoms with Crippen LogP contribution in [0.2, 0.25) is 0 Å². The number of aryl methyl sites for hydroxylation is 2. The standard InChI is InChI=1S/C18H20BrN5O/c1-4-23-16(9-10-20-23)18(25)21-17-12(2)22-24(13(17)3)11-14-5-7-15(19)8-6-14/h5-10H,4,11H2,1-3H3,(H,21,25). The van der Waals surface area contributed by atoms with Crippen molar-refractivity contribution in [1.82, 2.24) is 19.6 Å². The van der Waals surface area contributed by atoms with Crippen molar-refractivity contribution >= 4 is 27.5 Å². The molecule has 0 saturated heterocycles. The molecular formula is C18H20BrN5O. The number of hydrogen-bond acceptors (Lipinski definition) is 3. The molecule has 0 aliphatic carbocycles. The normalized spacial score (nSPS) is 10.9. The van der Waals surface area contributed by atoms with Crippen LogP contribution in [0.1, 0.15) is 34.4 Å². The van der Waals surface area contributed by atoms with E-state index in [-0.39, 0.29) is 5.91 Å². The van der Waals surface area contributed by atoms with Crippen LogP contribution in [0.5, 0.6) is 0 Å². The van der Waals surface area contributed by atoms with Crippen molar-refractivity contribution in [3.63, 3.8) is 0 Å². The number of benzene rings is 1. The summed E-state index contributed by atoms with van der Waals surface area (Å²) in [7, 11) is 0. The molecule has 25 heavy (non-hydrogen) atoms. The quantitative estimate of drug-likeness (QED) is 0.707. The number of nitrogens with zero attached hydrogens (tertiary/aromatic N) is 4. The van der Waals surface area contributed by atoms with Crippen LogP contribution in [0.3, 0.4) is 0 Å². The number of carbonyl (C=O) groups excluding carboxylic acids is 1. The first-order chi connectivity index (χ1) is 12.0. The molecule has 0 radical (unpaired) electrons. The van der Waals surface area contributed by atoms with Crippen LogP contribution in [0.15, 0.2) is 41.0 Å². The molecule has 0 spiro atoms. The van der Waals surface area contributed by atoms with Crippen LogP contribution in [0, 0.1) is 13.8 Å². The molecule has 0 aliphatic rings. The summed E-state index contributed by atoms with van der Waals surface area (Å²) in [4.78, 5) is 12.6. The molecule has 6 nitrogen and oxygen atoms in total. The van der Waals surface area contributed by atoms with E-state index in [1.54, 1.807) is 16.9 Å². The predicted octanol–water partition coefficient (Wildman–Crippen LogP) is 3.78. The molecule has 3 rings (SSSR count). The highest BCUT2D eigenvalue weighted by molar-refractivity contribution is 9.10. The SMILES string of the molecule is CCn1nccc1C(=O)Nc1c(C)nn(Cc2ccc(Br)cc2)c1C. The fourth-order valence-electron chi connectivity index (χ4n) is 2.75. The molecule has 130 valence electrons. The lowest BCUT2D eigenvalue weighted by Crippen LogP contribution is -2.18. The van der Waals surface area contributed by atoms with Gasteiger partial charge in [0.05, 0.1) is 23.6 Å². The minimum atomic E-state index is -0.172. The Morgan fingerprint density at radius 3 is 2.56 bits per heavy atom. The number of carbonyl (C=O) groups is 1. The zero-order valence-corrected chi connectivity index (χ0v) is 16.0. The van der Waals surface area contributed by atoms with Crippen LogP contribution in [-0.4, -0.2) is 25.5 Å². The average Bonchev–Trinajstić information content (AvgIpc) is 3.17. The Bertz CT molecular complexity index is 895. The molecule has 3 aromatic rings. The van der Waals surface area contributed by atoms with Crippen molar-refractivity contribution in [2.45, 2.75) is 33.9 Å². The summed E-state index contributed by atoms with van der Waals surface area (Å²) < 4.78 is 4.63. The fraction of sp³-hybridized carbons (Fsp3) is 0.278. The molecule has 0 bridgehead atoms. The Morgan fingerprint density at radius 2 is 1.88 bits per heavy atom. The van der Waals surface area contributed by atoms with Gasteiger partial charge in [-0.1, -0.05) is 28.1 Å². The van der Waals surface area contributed by atoms with Gasteiger partial charge >= 0.3 is 0 Å². The second-order valence-corrected chi connectivity index (χ2v) is 6.73. The van der Waals surface area contributed by atoms with E-state index < -0.39 is 0 Å². The second kappa shape index (κ2) is 7.23.